The number of nitrogens with one attached hydrogen (secondary N) is 1. The molecule has 2 amide bonds. The Balaban J connectivity index is 0.00000426. The number of nitrogens with zero attached hydrogens (tertiary/aromatic N) is 4. The molecule has 5 bridgehead atoms. The number of carbonyl (C=O) groups excluding carboxylic acids is 4. The number of rotatable bonds is 8. The first kappa shape index (κ1) is 58.5. The number of phenolic OH excluding ortho intramolecular Hbond substituents is 2. The maximum Gasteiger partial charge on any atom is 0.315 e. The Morgan fingerprint density at radius 3 is 2.22 bits per heavy atom. The summed E-state index contributed by atoms with van der Waals surface area (Å²) in [6.45, 7) is 19.5. The van der Waals surface area contributed by atoms with Gasteiger partial charge in [-0.3, -0.25) is 29.2 Å². The van der Waals surface area contributed by atoms with Crippen LogP contribution in [0.3, 0.4) is 0 Å². The maximum atomic E-state index is 14.9. The zero-order chi connectivity index (χ0) is 56.1. The molecular weight excluding hydrogens is 983 g/mol. The number of ketones is 1. The number of esters is 1. The largest absolute Gasteiger partial charge is 0.507 e. The first-order valence-corrected chi connectivity index (χ1v) is 27.4. The van der Waals surface area contributed by atoms with E-state index < -0.39 is 83.3 Å². The molecule has 0 radical (unpaired) electrons. The van der Waals surface area contributed by atoms with E-state index in [-0.39, 0.29) is 67.7 Å². The number of aliphatic hydroxyl groups is 3. The summed E-state index contributed by atoms with van der Waals surface area (Å²) in [5.74, 6) is -6.47. The molecule has 6 N–H and O–H groups in total. The van der Waals surface area contributed by atoms with E-state index in [9.17, 15) is 39.6 Å². The van der Waals surface area contributed by atoms with Crippen LogP contribution in [0.2, 0.25) is 0 Å². The van der Waals surface area contributed by atoms with Crippen molar-refractivity contribution in [3.8, 4) is 17.2 Å². The number of hydrogen-bond acceptors (Lipinski definition) is 15. The summed E-state index contributed by atoms with van der Waals surface area (Å²) in [7, 11) is 1.00. The number of anilines is 1. The van der Waals surface area contributed by atoms with Crippen LogP contribution in [0.1, 0.15) is 122 Å². The highest BCUT2D eigenvalue weighted by Crippen LogP contribution is 2.50. The standard InChI is InChI=1S/C59H77N5O11.CH4O/c1-33(2)32-63-28-24-59(25-29-63)61-47-44-45-52(69)39(8)55-46(44)56(71)58(9,75-55)73-30-14-17-35(4)54(74-43(66)31-42(65)64-26-22-41(23-27-64)21-20-40-18-11-10-12-19-40)38(7)51(68)37(6)50(67)34(3)15-13-16-36(5)57(72)60-49(53(45)70)48(47)62-59;1-2/h10-16,18-19,30,33-35,37-38,41,50-51,54,67-70H,17,20-29,31-32H2,1-9H3,(H,60,72);2H,1H3/b15-13+,30-14+,36-16-;/t34?,35-,37-,38-,50+,51?,54?,58?;/m1./s1. The minimum Gasteiger partial charge on any atom is -0.507 e. The summed E-state index contributed by atoms with van der Waals surface area (Å²) in [6, 6.07) is 10.3. The average Bonchev–Trinajstić information content (AvgIpc) is 4.08. The number of Topliss-reactive ketones (excluding diaryl/α,β-unsaturated/α-hetero) is 1. The molecule has 0 aliphatic carbocycles. The van der Waals surface area contributed by atoms with Crippen LogP contribution in [0.15, 0.2) is 76.5 Å². The van der Waals surface area contributed by atoms with Crippen molar-refractivity contribution in [2.24, 2.45) is 45.5 Å². The van der Waals surface area contributed by atoms with Crippen molar-refractivity contribution in [3.63, 3.8) is 0 Å². The van der Waals surface area contributed by atoms with Crippen molar-refractivity contribution in [1.82, 2.24) is 9.80 Å². The molecule has 17 heteroatoms. The molecule has 1 spiro atoms. The van der Waals surface area contributed by atoms with Gasteiger partial charge in [0.05, 0.1) is 34.8 Å². The van der Waals surface area contributed by atoms with Gasteiger partial charge in [0, 0.05) is 93.9 Å². The Hall–Kier alpha value is -6.14. The average molecular weight is 1060 g/mol. The first-order chi connectivity index (χ1) is 36.6. The van der Waals surface area contributed by atoms with Crippen LogP contribution in [0.5, 0.6) is 17.2 Å². The normalized spacial score (nSPS) is 28.5. The van der Waals surface area contributed by atoms with Gasteiger partial charge < -0.3 is 54.9 Å². The SMILES string of the molecule is C/C1=C/C=C/C(C)[C@H](O)[C@@H](C)C(O)[C@@H](C)C(OC(=O)CC(=O)N2CCC(CCc3ccccc3)CC2)[C@H](C)C/C=C/OC2(C)Oc3c(C)c(O)c4c(O)c(c5c(c4c3C2=O)=NC2(CCN(CC(C)C)CC2)N=5)NC1=O.CO. The van der Waals surface area contributed by atoms with Crippen LogP contribution in [0, 0.1) is 42.4 Å². The Labute approximate surface area is 452 Å². The molecule has 418 valence electrons. The molecule has 3 aromatic rings. The Bertz CT molecular complexity index is 2890. The van der Waals surface area contributed by atoms with E-state index in [2.05, 4.69) is 36.2 Å². The molecule has 0 saturated carbocycles. The smallest absolute Gasteiger partial charge is 0.315 e. The highest BCUT2D eigenvalue weighted by atomic mass is 16.7. The van der Waals surface area contributed by atoms with Crippen molar-refractivity contribution in [2.75, 3.05) is 45.2 Å². The van der Waals surface area contributed by atoms with E-state index in [1.54, 1.807) is 63.8 Å². The van der Waals surface area contributed by atoms with Crippen LogP contribution in [0.25, 0.3) is 10.8 Å². The van der Waals surface area contributed by atoms with E-state index in [1.165, 1.54) is 18.7 Å². The lowest BCUT2D eigenvalue weighted by Gasteiger charge is -2.37. The van der Waals surface area contributed by atoms with E-state index in [1.807, 2.05) is 25.1 Å². The molecule has 4 unspecified atom stereocenters. The Morgan fingerprint density at radius 1 is 0.896 bits per heavy atom. The number of piperidine rings is 2. The summed E-state index contributed by atoms with van der Waals surface area (Å²) in [6.07, 6.45) is 9.29. The predicted molar refractivity (Wildman–Crippen MR) is 293 cm³/mol. The van der Waals surface area contributed by atoms with E-state index >= 15 is 0 Å². The molecular formula is C60H81N5O12. The van der Waals surface area contributed by atoms with Crippen molar-refractivity contribution in [1.29, 1.82) is 0 Å². The van der Waals surface area contributed by atoms with E-state index in [0.29, 0.717) is 50.9 Å². The molecule has 0 aromatic heterocycles. The minimum absolute atomic E-state index is 0.0418. The van der Waals surface area contributed by atoms with Crippen molar-refractivity contribution in [3.05, 3.63) is 93.9 Å². The highest BCUT2D eigenvalue weighted by molar-refractivity contribution is 6.19. The first-order valence-electron chi connectivity index (χ1n) is 27.4. The van der Waals surface area contributed by atoms with Crippen LogP contribution < -0.4 is 20.8 Å². The van der Waals surface area contributed by atoms with Gasteiger partial charge >= 0.3 is 11.8 Å². The fraction of sp³-hybridized carbons (Fsp3) is 0.567. The molecule has 77 heavy (non-hydrogen) atoms. The van der Waals surface area contributed by atoms with E-state index in [0.717, 1.165) is 39.3 Å². The number of hydrogen-bond donors (Lipinski definition) is 6. The fourth-order valence-corrected chi connectivity index (χ4v) is 11.7. The molecule has 2 fully saturated rings. The number of allylic oxidation sites excluding steroid dienone is 3. The number of amides is 2. The van der Waals surface area contributed by atoms with Crippen LogP contribution in [-0.4, -0.2) is 128 Å². The highest BCUT2D eigenvalue weighted by Gasteiger charge is 2.50. The lowest BCUT2D eigenvalue weighted by Crippen LogP contribution is -2.45. The number of aliphatic hydroxyl groups excluding tert-OH is 3. The second kappa shape index (κ2) is 24.7. The lowest BCUT2D eigenvalue weighted by molar-refractivity contribution is -0.162. The second-order valence-corrected chi connectivity index (χ2v) is 22.6. The summed E-state index contributed by atoms with van der Waals surface area (Å²) in [5.41, 5.74) is 0.702. The fourth-order valence-electron chi connectivity index (χ4n) is 11.7. The Kier molecular flexibility index (Phi) is 18.8. The quantitative estimate of drug-likeness (QED) is 0.0760. The second-order valence-electron chi connectivity index (χ2n) is 22.6. The van der Waals surface area contributed by atoms with Gasteiger partial charge in [0.2, 0.25) is 5.91 Å². The van der Waals surface area contributed by atoms with Gasteiger partial charge in [-0.05, 0) is 75.3 Å². The number of phenols is 2. The molecule has 8 atom stereocenters. The van der Waals surface area contributed by atoms with Gasteiger partial charge in [0.25, 0.3) is 11.7 Å². The zero-order valence-electron chi connectivity index (χ0n) is 46.5. The Morgan fingerprint density at radius 2 is 1.56 bits per heavy atom. The van der Waals surface area contributed by atoms with Gasteiger partial charge in [-0.2, -0.15) is 0 Å². The van der Waals surface area contributed by atoms with Crippen molar-refractivity contribution < 1.29 is 58.9 Å². The van der Waals surface area contributed by atoms with E-state index in [4.69, 9.17) is 29.3 Å². The number of aromatic hydroxyl groups is 2. The lowest BCUT2D eigenvalue weighted by atomic mass is 9.79. The monoisotopic (exact) mass is 1060 g/mol. The number of fused-ring (bicyclic) bond motifs is 13. The van der Waals surface area contributed by atoms with Gasteiger partial charge in [0.15, 0.2) is 11.4 Å². The molecule has 6 heterocycles. The molecule has 9 rings (SSSR count). The number of benzene rings is 3. The summed E-state index contributed by atoms with van der Waals surface area (Å²) >= 11 is 0. The molecule has 2 saturated heterocycles. The predicted octanol–water partition coefficient (Wildman–Crippen LogP) is 6.97. The number of carbonyl (C=O) groups is 4. The topological polar surface area (TPSA) is 240 Å². The molecule has 3 aromatic carbocycles. The third-order valence-electron chi connectivity index (χ3n) is 16.4. The van der Waals surface area contributed by atoms with Gasteiger partial charge in [-0.1, -0.05) is 90.1 Å². The zero-order valence-corrected chi connectivity index (χ0v) is 46.5. The summed E-state index contributed by atoms with van der Waals surface area (Å²) in [4.78, 5) is 70.7. The van der Waals surface area contributed by atoms with Crippen LogP contribution in [0.4, 0.5) is 5.69 Å². The minimum atomic E-state index is -1.95. The third kappa shape index (κ3) is 12.6. The summed E-state index contributed by atoms with van der Waals surface area (Å²) in [5, 5.41) is 58.0. The van der Waals surface area contributed by atoms with Gasteiger partial charge in [0.1, 0.15) is 35.1 Å². The number of aryl methyl sites for hydroxylation is 1. The van der Waals surface area contributed by atoms with Gasteiger partial charge in [-0.15, -0.1) is 0 Å². The van der Waals surface area contributed by atoms with Crippen molar-refractivity contribution in [2.45, 2.75) is 143 Å². The van der Waals surface area contributed by atoms with Crippen molar-refractivity contribution >= 4 is 40.0 Å². The maximum absolute atomic E-state index is 14.9. The van der Waals surface area contributed by atoms with Crippen LogP contribution in [-0.2, 0) is 30.3 Å². The number of ether oxygens (including phenoxy) is 3. The van der Waals surface area contributed by atoms with Gasteiger partial charge in [-0.25, -0.2) is 0 Å². The molecule has 6 aliphatic heterocycles. The summed E-state index contributed by atoms with van der Waals surface area (Å²) < 4.78 is 18.7. The van der Waals surface area contributed by atoms with Crippen LogP contribution >= 0.6 is 0 Å². The number of likely N-dealkylation sites (tertiary alicyclic amines) is 2. The third-order valence-corrected chi connectivity index (χ3v) is 16.4. The molecule has 17 nitrogen and oxygen atoms in total. The molecule has 6 aliphatic rings.